The van der Waals surface area contributed by atoms with E-state index in [1.54, 1.807) is 0 Å². The van der Waals surface area contributed by atoms with Gasteiger partial charge < -0.3 is 9.79 Å². The molecule has 5 aromatic carbocycles. The van der Waals surface area contributed by atoms with E-state index in [0.29, 0.717) is 12.8 Å². The van der Waals surface area contributed by atoms with Crippen molar-refractivity contribution < 1.29 is 14.4 Å². The average Bonchev–Trinajstić information content (AvgIpc) is 3.21. The van der Waals surface area contributed by atoms with Crippen LogP contribution in [0.15, 0.2) is 146 Å². The van der Waals surface area contributed by atoms with Crippen molar-refractivity contribution in [2.75, 3.05) is 0 Å². The van der Waals surface area contributed by atoms with Crippen LogP contribution < -0.4 is 0 Å². The molecule has 0 aromatic heterocycles. The molecule has 2 N–H and O–H groups in total. The van der Waals surface area contributed by atoms with Gasteiger partial charge in [0, 0.05) is 16.2 Å². The highest BCUT2D eigenvalue weighted by Gasteiger charge is 2.89. The lowest BCUT2D eigenvalue weighted by Gasteiger charge is -2.84. The molecule has 4 heteroatoms. The van der Waals surface area contributed by atoms with E-state index in [9.17, 15) is 9.79 Å². The Morgan fingerprint density at radius 2 is 0.947 bits per heavy atom. The van der Waals surface area contributed by atoms with Crippen LogP contribution in [0.1, 0.15) is 129 Å². The van der Waals surface area contributed by atoms with Gasteiger partial charge in [-0.05, 0) is 80.7 Å². The maximum atomic E-state index is 16.1. The normalized spacial score (nSPS) is 27.0. The van der Waals surface area contributed by atoms with Crippen LogP contribution in [0.3, 0.4) is 0 Å². The molecule has 0 amide bonds. The van der Waals surface area contributed by atoms with Crippen molar-refractivity contribution in [3.05, 3.63) is 179 Å². The SMILES string of the molecule is CCc1ccccc1C1(c2ccccc2)C(C)(C)C(c2ccccc2)(c2ccccc2)C(C)(CC)C(CC)(P(=O)(O)O)C1(C)C(C)(CC)C(C)(C)c1ccccc1. The van der Waals surface area contributed by atoms with E-state index in [1.807, 2.05) is 0 Å². The Morgan fingerprint density at radius 3 is 1.33 bits per heavy atom. The fraction of sp³-hybridized carbons (Fsp3) is 0.434. The highest BCUT2D eigenvalue weighted by atomic mass is 31.2. The van der Waals surface area contributed by atoms with Gasteiger partial charge in [0.1, 0.15) is 0 Å². The molecule has 302 valence electrons. The lowest BCUT2D eigenvalue weighted by Crippen LogP contribution is -2.85. The van der Waals surface area contributed by atoms with Crippen LogP contribution in [-0.4, -0.2) is 14.9 Å². The molecule has 0 bridgehead atoms. The summed E-state index contributed by atoms with van der Waals surface area (Å²) in [6.07, 6.45) is 2.24. The summed E-state index contributed by atoms with van der Waals surface area (Å²) in [6, 6.07) is 52.0. The van der Waals surface area contributed by atoms with Crippen molar-refractivity contribution in [3.63, 3.8) is 0 Å². The average molecular weight is 783 g/mol. The van der Waals surface area contributed by atoms with Crippen LogP contribution in [-0.2, 0) is 27.2 Å². The first-order chi connectivity index (χ1) is 26.9. The third kappa shape index (κ3) is 5.07. The molecule has 0 saturated heterocycles. The molecule has 6 rings (SSSR count). The Morgan fingerprint density at radius 1 is 0.544 bits per heavy atom. The monoisotopic (exact) mass is 782 g/mol. The first-order valence-electron chi connectivity index (χ1n) is 21.3. The van der Waals surface area contributed by atoms with E-state index < -0.39 is 50.7 Å². The van der Waals surface area contributed by atoms with Gasteiger partial charge in [-0.25, -0.2) is 0 Å². The number of benzene rings is 5. The first-order valence-corrected chi connectivity index (χ1v) is 22.9. The highest BCUT2D eigenvalue weighted by molar-refractivity contribution is 7.53. The molecule has 5 atom stereocenters. The Bertz CT molecular complexity index is 2150. The second-order valence-corrected chi connectivity index (χ2v) is 20.3. The van der Waals surface area contributed by atoms with Crippen LogP contribution in [0.5, 0.6) is 0 Å². The van der Waals surface area contributed by atoms with Crippen LogP contribution in [0.4, 0.5) is 0 Å². The van der Waals surface area contributed by atoms with Gasteiger partial charge in [0.25, 0.3) is 0 Å². The van der Waals surface area contributed by atoms with E-state index in [1.165, 1.54) is 5.56 Å². The van der Waals surface area contributed by atoms with Gasteiger partial charge >= 0.3 is 7.60 Å². The Balaban J connectivity index is 2.11. The minimum Gasteiger partial charge on any atom is -0.324 e. The molecule has 5 unspecified atom stereocenters. The first kappa shape index (κ1) is 42.8. The molecular weight excluding hydrogens is 716 g/mol. The summed E-state index contributed by atoms with van der Waals surface area (Å²) in [5, 5.41) is -1.61. The van der Waals surface area contributed by atoms with E-state index in [4.69, 9.17) is 0 Å². The predicted octanol–water partition coefficient (Wildman–Crippen LogP) is 13.7. The number of aryl methyl sites for hydroxylation is 1. The fourth-order valence-corrected chi connectivity index (χ4v) is 16.9. The van der Waals surface area contributed by atoms with Crippen LogP contribution in [0.25, 0.3) is 0 Å². The van der Waals surface area contributed by atoms with E-state index >= 15 is 4.57 Å². The largest absolute Gasteiger partial charge is 0.332 e. The molecule has 1 aliphatic carbocycles. The van der Waals surface area contributed by atoms with Crippen molar-refractivity contribution in [1.82, 2.24) is 0 Å². The third-order valence-electron chi connectivity index (χ3n) is 17.0. The Labute approximate surface area is 344 Å². The van der Waals surface area contributed by atoms with Crippen molar-refractivity contribution in [3.8, 4) is 0 Å². The minimum atomic E-state index is -5.12. The molecule has 1 aliphatic rings. The van der Waals surface area contributed by atoms with Crippen LogP contribution in [0, 0.1) is 21.7 Å². The standard InChI is InChI=1S/C53H67O3P/c1-12-40-30-28-29-39-45(40)53(44-37-26-19-27-38-44)47(7,8)52(42-33-22-17-23-34-42,43-35-24-18-25-36-43)49(10,14-3)51(15-4,57(54,55)56)50(53,11)48(9,13-2)46(5,6)41-31-20-16-21-32-41/h16-39H,12-15H2,1-11H3,(H2,54,55,56). The Kier molecular flexibility index (Phi) is 11.1. The van der Waals surface area contributed by atoms with Crippen LogP contribution >= 0.6 is 7.60 Å². The van der Waals surface area contributed by atoms with Gasteiger partial charge in [0.05, 0.1) is 5.16 Å². The molecule has 5 aromatic rings. The lowest BCUT2D eigenvalue weighted by atomic mass is 9.21. The second-order valence-electron chi connectivity index (χ2n) is 18.5. The van der Waals surface area contributed by atoms with E-state index in [2.05, 4.69) is 222 Å². The van der Waals surface area contributed by atoms with Gasteiger partial charge in [-0.1, -0.05) is 222 Å². The quantitative estimate of drug-likeness (QED) is 0.124. The van der Waals surface area contributed by atoms with Crippen molar-refractivity contribution >= 4 is 7.60 Å². The molecule has 0 aliphatic heterocycles. The third-order valence-corrected chi connectivity index (χ3v) is 19.3. The maximum absolute atomic E-state index is 16.1. The minimum absolute atomic E-state index is 0.263. The van der Waals surface area contributed by atoms with Crippen molar-refractivity contribution in [2.24, 2.45) is 21.7 Å². The maximum Gasteiger partial charge on any atom is 0.332 e. The van der Waals surface area contributed by atoms with E-state index in [0.717, 1.165) is 34.2 Å². The van der Waals surface area contributed by atoms with Crippen molar-refractivity contribution in [2.45, 2.75) is 123 Å². The molecule has 0 spiro atoms. The lowest BCUT2D eigenvalue weighted by molar-refractivity contribution is -0.237. The molecule has 1 saturated carbocycles. The smallest absolute Gasteiger partial charge is 0.324 e. The fourth-order valence-electron chi connectivity index (χ4n) is 14.5. The van der Waals surface area contributed by atoms with Gasteiger partial charge in [0.2, 0.25) is 0 Å². The highest BCUT2D eigenvalue weighted by Crippen LogP contribution is 2.90. The summed E-state index contributed by atoms with van der Waals surface area (Å²) in [6.45, 7) is 25.4. The van der Waals surface area contributed by atoms with E-state index in [-0.39, 0.29) is 6.42 Å². The molecule has 57 heavy (non-hydrogen) atoms. The van der Waals surface area contributed by atoms with Crippen LogP contribution in [0.2, 0.25) is 0 Å². The van der Waals surface area contributed by atoms with Gasteiger partial charge in [-0.15, -0.1) is 0 Å². The summed E-state index contributed by atoms with van der Waals surface area (Å²) >= 11 is 0. The molecule has 3 nitrogen and oxygen atoms in total. The molecule has 0 radical (unpaired) electrons. The van der Waals surface area contributed by atoms with Crippen molar-refractivity contribution in [1.29, 1.82) is 0 Å². The number of rotatable bonds is 12. The number of hydrogen-bond acceptors (Lipinski definition) is 1. The Hall–Kier alpha value is -3.75. The predicted molar refractivity (Wildman–Crippen MR) is 240 cm³/mol. The van der Waals surface area contributed by atoms with Gasteiger partial charge in [-0.3, -0.25) is 4.57 Å². The topological polar surface area (TPSA) is 57.5 Å². The number of hydrogen-bond donors (Lipinski definition) is 2. The zero-order valence-electron chi connectivity index (χ0n) is 36.4. The van der Waals surface area contributed by atoms with Gasteiger partial charge in [-0.2, -0.15) is 0 Å². The zero-order valence-corrected chi connectivity index (χ0v) is 37.3. The summed E-state index contributed by atoms with van der Waals surface area (Å²) in [7, 11) is -5.12. The summed E-state index contributed by atoms with van der Waals surface area (Å²) < 4.78 is 16.1. The summed E-state index contributed by atoms with van der Waals surface area (Å²) in [5.74, 6) is 0. The molecular formula is C53H67O3P. The second kappa shape index (κ2) is 14.8. The summed E-state index contributed by atoms with van der Waals surface area (Å²) in [4.78, 5) is 26.3. The zero-order chi connectivity index (χ0) is 41.8. The summed E-state index contributed by atoms with van der Waals surface area (Å²) in [5.41, 5.74) is 0.504. The molecule has 1 fully saturated rings. The van der Waals surface area contributed by atoms with Gasteiger partial charge in [0.15, 0.2) is 0 Å². The molecule has 0 heterocycles.